The number of benzene rings is 2. The van der Waals surface area contributed by atoms with Crippen molar-refractivity contribution in [1.82, 2.24) is 0 Å². The van der Waals surface area contributed by atoms with Gasteiger partial charge in [-0.25, -0.2) is 0 Å². The first-order chi connectivity index (χ1) is 14.3. The summed E-state index contributed by atoms with van der Waals surface area (Å²) < 4.78 is 5.24. The molecular weight excluding hydrogens is 376 g/mol. The Kier molecular flexibility index (Phi) is 4.98. The molecule has 0 bridgehead atoms. The average Bonchev–Trinajstić information content (AvgIpc) is 3.41. The quantitative estimate of drug-likeness (QED) is 0.616. The van der Waals surface area contributed by atoms with Crippen molar-refractivity contribution in [2.45, 2.75) is 32.6 Å². The zero-order valence-corrected chi connectivity index (χ0v) is 17.8. The van der Waals surface area contributed by atoms with Gasteiger partial charge in [0.05, 0.1) is 17.5 Å². The van der Waals surface area contributed by atoms with E-state index in [2.05, 4.69) is 32.9 Å². The molecule has 5 nitrogen and oxygen atoms in total. The van der Waals surface area contributed by atoms with Gasteiger partial charge in [-0.15, -0.1) is 0 Å². The Morgan fingerprint density at radius 2 is 1.80 bits per heavy atom. The Morgan fingerprint density at radius 1 is 1.03 bits per heavy atom. The van der Waals surface area contributed by atoms with Crippen LogP contribution in [0.1, 0.15) is 52.8 Å². The third kappa shape index (κ3) is 3.52. The molecule has 0 atom stereocenters. The minimum Gasteiger partial charge on any atom is -0.459 e. The number of hydrogen-bond donors (Lipinski definition) is 0. The summed E-state index contributed by atoms with van der Waals surface area (Å²) in [6.07, 6.45) is 2.29. The lowest BCUT2D eigenvalue weighted by Gasteiger charge is -2.24. The number of carbonyl (C=O) groups excluding carboxylic acids is 2. The Labute approximate surface area is 176 Å². The number of nitrogens with zero attached hydrogens (tertiary/aromatic N) is 2. The van der Waals surface area contributed by atoms with Crippen LogP contribution in [-0.4, -0.2) is 25.4 Å². The van der Waals surface area contributed by atoms with Gasteiger partial charge in [-0.3, -0.25) is 9.59 Å². The van der Waals surface area contributed by atoms with Gasteiger partial charge in [0, 0.05) is 19.3 Å². The van der Waals surface area contributed by atoms with Crippen molar-refractivity contribution in [1.29, 1.82) is 0 Å². The van der Waals surface area contributed by atoms with Gasteiger partial charge in [-0.2, -0.15) is 0 Å². The SMILES string of the molecule is CN(C(=O)c1ccco1)c1ccccc1C(=O)N1CCc2cc(C(C)(C)C)ccc21. The van der Waals surface area contributed by atoms with E-state index in [1.807, 2.05) is 23.1 Å². The van der Waals surface area contributed by atoms with Crippen LogP contribution >= 0.6 is 0 Å². The molecule has 3 aromatic rings. The summed E-state index contributed by atoms with van der Waals surface area (Å²) in [4.78, 5) is 29.5. The van der Waals surface area contributed by atoms with E-state index in [9.17, 15) is 9.59 Å². The first-order valence-electron chi connectivity index (χ1n) is 10.1. The van der Waals surface area contributed by atoms with E-state index in [4.69, 9.17) is 4.42 Å². The summed E-state index contributed by atoms with van der Waals surface area (Å²) in [5, 5.41) is 0. The summed E-state index contributed by atoms with van der Waals surface area (Å²) in [5.41, 5.74) is 4.51. The molecule has 0 unspecified atom stereocenters. The van der Waals surface area contributed by atoms with Crippen molar-refractivity contribution in [3.63, 3.8) is 0 Å². The fourth-order valence-electron chi connectivity index (χ4n) is 3.85. The highest BCUT2D eigenvalue weighted by atomic mass is 16.3. The van der Waals surface area contributed by atoms with Crippen LogP contribution < -0.4 is 9.80 Å². The van der Waals surface area contributed by atoms with Crippen molar-refractivity contribution in [2.75, 3.05) is 23.4 Å². The second-order valence-electron chi connectivity index (χ2n) is 8.66. The topological polar surface area (TPSA) is 53.8 Å². The average molecular weight is 402 g/mol. The van der Waals surface area contributed by atoms with E-state index in [0.717, 1.165) is 12.1 Å². The highest BCUT2D eigenvalue weighted by Gasteiger charge is 2.30. The molecule has 5 heteroatoms. The predicted octanol–water partition coefficient (Wildman–Crippen LogP) is 5.06. The number of amides is 2. The lowest BCUT2D eigenvalue weighted by atomic mass is 9.86. The van der Waals surface area contributed by atoms with Gasteiger partial charge in [-0.05, 0) is 53.3 Å². The second kappa shape index (κ2) is 7.48. The van der Waals surface area contributed by atoms with Crippen LogP contribution in [0.5, 0.6) is 0 Å². The van der Waals surface area contributed by atoms with Gasteiger partial charge in [0.2, 0.25) is 0 Å². The maximum atomic E-state index is 13.5. The van der Waals surface area contributed by atoms with E-state index in [1.165, 1.54) is 22.3 Å². The van der Waals surface area contributed by atoms with Crippen molar-refractivity contribution in [3.05, 3.63) is 83.3 Å². The standard InChI is InChI=1S/C25H26N2O3/c1-25(2,3)18-11-12-20-17(16-18)13-14-27(20)23(28)19-8-5-6-9-21(19)26(4)24(29)22-10-7-15-30-22/h5-12,15-16H,13-14H2,1-4H3. The smallest absolute Gasteiger partial charge is 0.293 e. The fraction of sp³-hybridized carbons (Fsp3) is 0.280. The molecule has 1 aliphatic heterocycles. The number of anilines is 2. The molecule has 0 spiro atoms. The molecule has 2 heterocycles. The van der Waals surface area contributed by atoms with E-state index >= 15 is 0 Å². The van der Waals surface area contributed by atoms with E-state index in [0.29, 0.717) is 17.8 Å². The lowest BCUT2D eigenvalue weighted by molar-refractivity contribution is 0.0966. The van der Waals surface area contributed by atoms with E-state index in [-0.39, 0.29) is 23.0 Å². The van der Waals surface area contributed by atoms with Gasteiger partial charge in [0.15, 0.2) is 5.76 Å². The van der Waals surface area contributed by atoms with Crippen LogP contribution in [0, 0.1) is 0 Å². The molecule has 0 radical (unpaired) electrons. The third-order valence-electron chi connectivity index (χ3n) is 5.62. The number of para-hydroxylation sites is 1. The zero-order valence-electron chi connectivity index (χ0n) is 17.8. The predicted molar refractivity (Wildman–Crippen MR) is 118 cm³/mol. The Morgan fingerprint density at radius 3 is 2.50 bits per heavy atom. The third-order valence-corrected chi connectivity index (χ3v) is 5.62. The van der Waals surface area contributed by atoms with Gasteiger partial charge >= 0.3 is 0 Å². The molecular formula is C25H26N2O3. The van der Waals surface area contributed by atoms with Crippen LogP contribution in [0.3, 0.4) is 0 Å². The van der Waals surface area contributed by atoms with Crippen LogP contribution in [0.2, 0.25) is 0 Å². The summed E-state index contributed by atoms with van der Waals surface area (Å²) in [5.74, 6) is -0.162. The molecule has 154 valence electrons. The summed E-state index contributed by atoms with van der Waals surface area (Å²) in [7, 11) is 1.66. The molecule has 0 aliphatic carbocycles. The number of furan rings is 1. The van der Waals surface area contributed by atoms with Gasteiger partial charge in [0.1, 0.15) is 0 Å². The zero-order chi connectivity index (χ0) is 21.5. The van der Waals surface area contributed by atoms with Crippen molar-refractivity contribution in [3.8, 4) is 0 Å². The van der Waals surface area contributed by atoms with Gasteiger partial charge in [0.25, 0.3) is 11.8 Å². The van der Waals surface area contributed by atoms with E-state index < -0.39 is 0 Å². The summed E-state index contributed by atoms with van der Waals surface area (Å²) in [6.45, 7) is 7.20. The largest absolute Gasteiger partial charge is 0.459 e. The van der Waals surface area contributed by atoms with Crippen molar-refractivity contribution >= 4 is 23.2 Å². The highest BCUT2D eigenvalue weighted by Crippen LogP contribution is 2.35. The number of hydrogen-bond acceptors (Lipinski definition) is 3. The molecule has 2 aromatic carbocycles. The molecule has 0 saturated heterocycles. The number of fused-ring (bicyclic) bond motifs is 1. The molecule has 4 rings (SSSR count). The van der Waals surface area contributed by atoms with Gasteiger partial charge in [-0.1, -0.05) is 45.0 Å². The Bertz CT molecular complexity index is 1090. The monoisotopic (exact) mass is 402 g/mol. The first kappa shape index (κ1) is 20.0. The van der Waals surface area contributed by atoms with E-state index in [1.54, 1.807) is 31.3 Å². The maximum absolute atomic E-state index is 13.5. The molecule has 1 aromatic heterocycles. The van der Waals surface area contributed by atoms with Crippen LogP contribution in [0.4, 0.5) is 11.4 Å². The lowest BCUT2D eigenvalue weighted by Crippen LogP contribution is -2.33. The van der Waals surface area contributed by atoms with Crippen LogP contribution in [0.15, 0.2) is 65.3 Å². The molecule has 0 N–H and O–H groups in total. The number of carbonyl (C=O) groups is 2. The minimum absolute atomic E-state index is 0.0635. The summed E-state index contributed by atoms with van der Waals surface area (Å²) in [6, 6.07) is 16.8. The molecule has 0 fully saturated rings. The van der Waals surface area contributed by atoms with Crippen molar-refractivity contribution in [2.24, 2.45) is 0 Å². The minimum atomic E-state index is -0.295. The fourth-order valence-corrected chi connectivity index (χ4v) is 3.85. The summed E-state index contributed by atoms with van der Waals surface area (Å²) >= 11 is 0. The highest BCUT2D eigenvalue weighted by molar-refractivity contribution is 6.14. The Hall–Kier alpha value is -3.34. The van der Waals surface area contributed by atoms with Gasteiger partial charge < -0.3 is 14.2 Å². The molecule has 30 heavy (non-hydrogen) atoms. The maximum Gasteiger partial charge on any atom is 0.293 e. The second-order valence-corrected chi connectivity index (χ2v) is 8.66. The molecule has 0 saturated carbocycles. The van der Waals surface area contributed by atoms with Crippen LogP contribution in [0.25, 0.3) is 0 Å². The first-order valence-corrected chi connectivity index (χ1v) is 10.1. The molecule has 1 aliphatic rings. The normalized spacial score (nSPS) is 13.3. The van der Waals surface area contributed by atoms with Crippen LogP contribution in [-0.2, 0) is 11.8 Å². The number of rotatable bonds is 3. The van der Waals surface area contributed by atoms with Crippen molar-refractivity contribution < 1.29 is 14.0 Å². The Balaban J connectivity index is 1.66. The molecule has 2 amide bonds.